The number of carbonyl (C=O) groups excluding carboxylic acids is 1. The summed E-state index contributed by atoms with van der Waals surface area (Å²) in [7, 11) is 1.60. The molecule has 5 aromatic rings. The van der Waals surface area contributed by atoms with Crippen molar-refractivity contribution >= 4 is 28.4 Å². The zero-order chi connectivity index (χ0) is 31.3. The van der Waals surface area contributed by atoms with Crippen LogP contribution >= 0.6 is 0 Å². The maximum atomic E-state index is 14.2. The molecule has 228 valence electrons. The summed E-state index contributed by atoms with van der Waals surface area (Å²) in [5, 5.41) is 6.80. The highest BCUT2D eigenvalue weighted by molar-refractivity contribution is 6.07. The van der Waals surface area contributed by atoms with Gasteiger partial charge in [-0.2, -0.15) is 0 Å². The van der Waals surface area contributed by atoms with E-state index in [1.54, 1.807) is 30.4 Å². The van der Waals surface area contributed by atoms with Gasteiger partial charge in [0.15, 0.2) is 0 Å². The van der Waals surface area contributed by atoms with Gasteiger partial charge in [0.25, 0.3) is 5.56 Å². The molecule has 9 nitrogen and oxygen atoms in total. The normalized spacial score (nSPS) is 11.5. The van der Waals surface area contributed by atoms with Gasteiger partial charge >= 0.3 is 6.03 Å². The second-order valence-electron chi connectivity index (χ2n) is 12.0. The SMILES string of the molecule is CCCCCn1c(=O)c(NC(=O)Nc2cc(Cn3ccnc3)ccc2C(C)(C)C)c(-c2cccc(OC)c2)c2cccnc21. The number of urea groups is 1. The summed E-state index contributed by atoms with van der Waals surface area (Å²) >= 11 is 0. The molecule has 0 aliphatic heterocycles. The third kappa shape index (κ3) is 6.67. The lowest BCUT2D eigenvalue weighted by atomic mass is 9.85. The van der Waals surface area contributed by atoms with Gasteiger partial charge in [0.2, 0.25) is 0 Å². The number of nitrogens with one attached hydrogen (secondary N) is 2. The number of fused-ring (bicyclic) bond motifs is 1. The summed E-state index contributed by atoms with van der Waals surface area (Å²) in [6.07, 6.45) is 9.92. The Morgan fingerprint density at radius 1 is 1.00 bits per heavy atom. The lowest BCUT2D eigenvalue weighted by Gasteiger charge is -2.24. The van der Waals surface area contributed by atoms with Crippen LogP contribution in [0.4, 0.5) is 16.2 Å². The summed E-state index contributed by atoms with van der Waals surface area (Å²) < 4.78 is 9.15. The number of hydrogen-bond donors (Lipinski definition) is 2. The molecule has 3 heterocycles. The molecule has 0 fully saturated rings. The molecule has 9 heteroatoms. The highest BCUT2D eigenvalue weighted by Gasteiger charge is 2.23. The third-order valence-electron chi connectivity index (χ3n) is 7.67. The first-order valence-electron chi connectivity index (χ1n) is 15.0. The lowest BCUT2D eigenvalue weighted by Crippen LogP contribution is -2.30. The van der Waals surface area contributed by atoms with Gasteiger partial charge in [-0.15, -0.1) is 0 Å². The molecular formula is C35H40N6O3. The summed E-state index contributed by atoms with van der Waals surface area (Å²) in [6, 6.07) is 16.9. The fourth-order valence-corrected chi connectivity index (χ4v) is 5.51. The van der Waals surface area contributed by atoms with Gasteiger partial charge in [-0.25, -0.2) is 14.8 Å². The molecule has 0 aliphatic carbocycles. The number of aromatic nitrogens is 4. The fourth-order valence-electron chi connectivity index (χ4n) is 5.51. The number of amides is 2. The van der Waals surface area contributed by atoms with Crippen molar-refractivity contribution in [2.45, 2.75) is 65.5 Å². The van der Waals surface area contributed by atoms with Crippen molar-refractivity contribution < 1.29 is 9.53 Å². The number of imidazole rings is 1. The minimum atomic E-state index is -0.500. The largest absolute Gasteiger partial charge is 0.497 e. The number of methoxy groups -OCH3 is 1. The highest BCUT2D eigenvalue weighted by atomic mass is 16.5. The second-order valence-corrected chi connectivity index (χ2v) is 12.0. The summed E-state index contributed by atoms with van der Waals surface area (Å²) in [4.78, 5) is 36.8. The van der Waals surface area contributed by atoms with E-state index in [0.717, 1.165) is 41.3 Å². The predicted molar refractivity (Wildman–Crippen MR) is 177 cm³/mol. The van der Waals surface area contributed by atoms with Crippen LogP contribution in [0.3, 0.4) is 0 Å². The van der Waals surface area contributed by atoms with Gasteiger partial charge in [0, 0.05) is 48.3 Å². The van der Waals surface area contributed by atoms with Gasteiger partial charge in [-0.05, 0) is 58.9 Å². The highest BCUT2D eigenvalue weighted by Crippen LogP contribution is 2.35. The van der Waals surface area contributed by atoms with E-state index in [4.69, 9.17) is 4.74 Å². The van der Waals surface area contributed by atoms with Crippen LogP contribution in [-0.4, -0.2) is 32.2 Å². The monoisotopic (exact) mass is 592 g/mol. The molecule has 5 rings (SSSR count). The van der Waals surface area contributed by atoms with Gasteiger partial charge in [-0.3, -0.25) is 9.36 Å². The number of nitrogens with zero attached hydrogens (tertiary/aromatic N) is 4. The molecule has 0 bridgehead atoms. The van der Waals surface area contributed by atoms with Crippen molar-refractivity contribution in [1.82, 2.24) is 19.1 Å². The van der Waals surface area contributed by atoms with Crippen LogP contribution in [-0.2, 0) is 18.5 Å². The van der Waals surface area contributed by atoms with Crippen LogP contribution in [0.25, 0.3) is 22.2 Å². The Morgan fingerprint density at radius 2 is 1.84 bits per heavy atom. The van der Waals surface area contributed by atoms with Crippen LogP contribution in [0.15, 0.2) is 84.3 Å². The Kier molecular flexibility index (Phi) is 9.13. The molecule has 2 N–H and O–H groups in total. The van der Waals surface area contributed by atoms with E-state index in [1.807, 2.05) is 59.3 Å². The molecule has 0 spiro atoms. The molecule has 0 saturated carbocycles. The average molecular weight is 593 g/mol. The van der Waals surface area contributed by atoms with Crippen molar-refractivity contribution in [3.8, 4) is 16.9 Å². The number of rotatable bonds is 10. The Balaban J connectivity index is 1.60. The van der Waals surface area contributed by atoms with E-state index >= 15 is 0 Å². The van der Waals surface area contributed by atoms with Gasteiger partial charge < -0.3 is 19.9 Å². The maximum Gasteiger partial charge on any atom is 0.323 e. The average Bonchev–Trinajstić information content (AvgIpc) is 3.51. The molecule has 3 aromatic heterocycles. The summed E-state index contributed by atoms with van der Waals surface area (Å²) in [6.45, 7) is 9.55. The maximum absolute atomic E-state index is 14.2. The molecule has 0 unspecified atom stereocenters. The van der Waals surface area contributed by atoms with Gasteiger partial charge in [0.1, 0.15) is 17.1 Å². The molecule has 2 amide bonds. The zero-order valence-electron chi connectivity index (χ0n) is 26.1. The second kappa shape index (κ2) is 13.2. The van der Waals surface area contributed by atoms with Crippen molar-refractivity contribution in [1.29, 1.82) is 0 Å². The Hall–Kier alpha value is -4.92. The fraction of sp³-hybridized carbons (Fsp3) is 0.314. The molecule has 44 heavy (non-hydrogen) atoms. The Bertz CT molecular complexity index is 1820. The van der Waals surface area contributed by atoms with E-state index in [-0.39, 0.29) is 16.7 Å². The van der Waals surface area contributed by atoms with Crippen LogP contribution in [0, 0.1) is 0 Å². The van der Waals surface area contributed by atoms with E-state index in [9.17, 15) is 9.59 Å². The van der Waals surface area contributed by atoms with Crippen molar-refractivity contribution in [3.05, 3.63) is 101 Å². The zero-order valence-corrected chi connectivity index (χ0v) is 26.1. The number of anilines is 2. The van der Waals surface area contributed by atoms with Crippen molar-refractivity contribution in [2.75, 3.05) is 17.7 Å². The molecule has 0 saturated heterocycles. The molecule has 0 aliphatic rings. The first kappa shape index (κ1) is 30.5. The number of benzene rings is 2. The summed E-state index contributed by atoms with van der Waals surface area (Å²) in [5.74, 6) is 0.645. The van der Waals surface area contributed by atoms with Crippen LogP contribution in [0.1, 0.15) is 58.1 Å². The summed E-state index contributed by atoms with van der Waals surface area (Å²) in [5.41, 5.74) is 4.26. The van der Waals surface area contributed by atoms with Gasteiger partial charge in [-0.1, -0.05) is 64.8 Å². The molecule has 2 aromatic carbocycles. The number of ether oxygens (including phenoxy) is 1. The van der Waals surface area contributed by atoms with E-state index in [1.165, 1.54) is 0 Å². The Labute approximate surface area is 257 Å². The first-order chi connectivity index (χ1) is 21.2. The Morgan fingerprint density at radius 3 is 2.57 bits per heavy atom. The molecular weight excluding hydrogens is 552 g/mol. The lowest BCUT2D eigenvalue weighted by molar-refractivity contribution is 0.262. The first-order valence-corrected chi connectivity index (χ1v) is 15.0. The molecule has 0 atom stereocenters. The smallest absolute Gasteiger partial charge is 0.323 e. The number of hydrogen-bond acceptors (Lipinski definition) is 5. The van der Waals surface area contributed by atoms with Crippen molar-refractivity contribution in [3.63, 3.8) is 0 Å². The minimum Gasteiger partial charge on any atom is -0.497 e. The topological polar surface area (TPSA) is 103 Å². The number of pyridine rings is 2. The number of aryl methyl sites for hydroxylation is 1. The molecule has 0 radical (unpaired) electrons. The minimum absolute atomic E-state index is 0.194. The predicted octanol–water partition coefficient (Wildman–Crippen LogP) is 7.45. The number of unbranched alkanes of at least 4 members (excludes halogenated alkanes) is 2. The van der Waals surface area contributed by atoms with Crippen LogP contribution in [0.5, 0.6) is 5.75 Å². The van der Waals surface area contributed by atoms with Gasteiger partial charge in [0.05, 0.1) is 13.4 Å². The van der Waals surface area contributed by atoms with E-state index in [0.29, 0.717) is 35.7 Å². The standard InChI is InChI=1S/C35H40N6O3/c1-6-7-8-18-41-32-27(13-10-16-37-32)30(25-11-9-12-26(21-25)44-5)31(33(41)42)39-34(43)38-29-20-24(22-40-19-17-36-23-40)14-15-28(29)35(2,3)4/h9-17,19-21,23H,6-8,18,22H2,1-5H3,(H2,38,39,43). The van der Waals surface area contributed by atoms with Crippen LogP contribution in [0.2, 0.25) is 0 Å². The third-order valence-corrected chi connectivity index (χ3v) is 7.67. The quantitative estimate of drug-likeness (QED) is 0.164. The van der Waals surface area contributed by atoms with Crippen molar-refractivity contribution in [2.24, 2.45) is 0 Å². The number of carbonyl (C=O) groups is 1. The van der Waals surface area contributed by atoms with Crippen LogP contribution < -0.4 is 20.9 Å². The van der Waals surface area contributed by atoms with E-state index in [2.05, 4.69) is 54.4 Å². The van der Waals surface area contributed by atoms with E-state index < -0.39 is 6.03 Å².